The van der Waals surface area contributed by atoms with Gasteiger partial charge in [0.2, 0.25) is 0 Å². The average Bonchev–Trinajstić information content (AvgIpc) is 3.42. The topological polar surface area (TPSA) is 29.5 Å². The number of hydrogen-bond acceptors (Lipinski definition) is 3. The van der Waals surface area contributed by atoms with Crippen molar-refractivity contribution in [1.29, 1.82) is 0 Å². The first-order valence-corrected chi connectivity index (χ1v) is 14.6. The predicted molar refractivity (Wildman–Crippen MR) is 172 cm³/mol. The Bertz CT molecular complexity index is 1170. The van der Waals surface area contributed by atoms with Crippen molar-refractivity contribution in [1.82, 2.24) is 0 Å². The number of para-hydroxylation sites is 2. The molecule has 0 amide bonds. The van der Waals surface area contributed by atoms with Gasteiger partial charge in [-0.3, -0.25) is 0 Å². The summed E-state index contributed by atoms with van der Waals surface area (Å²) in [7, 11) is 0. The first kappa shape index (κ1) is 34.2. The second kappa shape index (κ2) is 15.9. The van der Waals surface area contributed by atoms with E-state index in [0.29, 0.717) is 30.1 Å². The number of benzene rings is 3. The fourth-order valence-corrected chi connectivity index (χ4v) is 5.09. The smallest absolute Gasteiger partial charge is 0.150 e. The van der Waals surface area contributed by atoms with Gasteiger partial charge in [-0.05, 0) is 64.8 Å². The molecule has 1 aliphatic rings. The van der Waals surface area contributed by atoms with Crippen LogP contribution >= 0.6 is 0 Å². The van der Waals surface area contributed by atoms with Crippen LogP contribution in [0.2, 0.25) is 0 Å². The maximum Gasteiger partial charge on any atom is 0.150 e. The molecule has 2 radical (unpaired) electrons. The van der Waals surface area contributed by atoms with E-state index in [1.165, 1.54) is 33.6 Å². The van der Waals surface area contributed by atoms with Gasteiger partial charge in [0.25, 0.3) is 0 Å². The molecule has 1 heterocycles. The number of nitrogens with zero attached hydrogens (tertiary/aromatic N) is 2. The largest absolute Gasteiger partial charge is 0.872 e. The van der Waals surface area contributed by atoms with Crippen LogP contribution in [0.15, 0.2) is 85.2 Å². The van der Waals surface area contributed by atoms with Crippen molar-refractivity contribution in [2.75, 3.05) is 9.80 Å². The minimum absolute atomic E-state index is 0. The van der Waals surface area contributed by atoms with Crippen LogP contribution in [0.5, 0.6) is 0 Å². The third-order valence-corrected chi connectivity index (χ3v) is 7.23. The van der Waals surface area contributed by atoms with Gasteiger partial charge < -0.3 is 14.9 Å². The van der Waals surface area contributed by atoms with Gasteiger partial charge in [0.05, 0.1) is 0 Å². The molecule has 0 saturated carbocycles. The minimum atomic E-state index is 0. The normalized spacial score (nSPS) is 13.2. The van der Waals surface area contributed by atoms with Crippen LogP contribution in [0.3, 0.4) is 0 Å². The van der Waals surface area contributed by atoms with Crippen molar-refractivity contribution >= 4 is 17.1 Å². The van der Waals surface area contributed by atoms with E-state index in [0.717, 1.165) is 5.56 Å². The van der Waals surface area contributed by atoms with Crippen molar-refractivity contribution in [2.24, 2.45) is 0 Å². The molecular weight excluding hydrogens is 547 g/mol. The van der Waals surface area contributed by atoms with Gasteiger partial charge >= 0.3 is 0 Å². The van der Waals surface area contributed by atoms with E-state index in [9.17, 15) is 5.11 Å². The fourth-order valence-electron chi connectivity index (χ4n) is 5.09. The monoisotopic (exact) mass is 593 g/mol. The van der Waals surface area contributed by atoms with Crippen LogP contribution in [-0.2, 0) is 16.5 Å². The molecule has 1 aliphatic heterocycles. The first-order valence-electron chi connectivity index (χ1n) is 14.6. The SMILES string of the molecule is CC(C)c1cccc(C(C)C)c1N1[CH]N(c2c(C(C)C)cccc2C(C)C)C=C1.[CH2]C/C=C(\[O-])c1ccccc1.[Ni]. The molecule has 0 aromatic heterocycles. The van der Waals surface area contributed by atoms with Crippen molar-refractivity contribution < 1.29 is 21.6 Å². The molecule has 41 heavy (non-hydrogen) atoms. The molecular formula is C37H47N2NiO-. The fraction of sp³-hybridized carbons (Fsp3) is 0.351. The van der Waals surface area contributed by atoms with Crippen LogP contribution < -0.4 is 14.9 Å². The second-order valence-corrected chi connectivity index (χ2v) is 11.6. The van der Waals surface area contributed by atoms with Crippen LogP contribution in [0.4, 0.5) is 11.4 Å². The van der Waals surface area contributed by atoms with Crippen LogP contribution in [0.1, 0.15) is 113 Å². The molecule has 0 aliphatic carbocycles. The van der Waals surface area contributed by atoms with Crippen molar-refractivity contribution in [2.45, 2.75) is 85.5 Å². The Morgan fingerprint density at radius 1 is 0.634 bits per heavy atom. The van der Waals surface area contributed by atoms with Gasteiger partial charge in [-0.25, -0.2) is 0 Å². The number of anilines is 2. The predicted octanol–water partition coefficient (Wildman–Crippen LogP) is 9.71. The molecule has 0 saturated heterocycles. The van der Waals surface area contributed by atoms with E-state index < -0.39 is 0 Å². The molecule has 4 rings (SSSR count). The Hall–Kier alpha value is -2.97. The second-order valence-electron chi connectivity index (χ2n) is 11.6. The van der Waals surface area contributed by atoms with Crippen LogP contribution in [-0.4, -0.2) is 0 Å². The van der Waals surface area contributed by atoms with Crippen molar-refractivity contribution in [3.8, 4) is 0 Å². The van der Waals surface area contributed by atoms with Gasteiger partial charge in [-0.15, -0.1) is 5.76 Å². The maximum absolute atomic E-state index is 11.1. The van der Waals surface area contributed by atoms with Crippen LogP contribution in [0, 0.1) is 13.6 Å². The summed E-state index contributed by atoms with van der Waals surface area (Å²) in [5.41, 5.74) is 9.02. The van der Waals surface area contributed by atoms with Gasteiger partial charge in [0, 0.05) is 40.3 Å². The van der Waals surface area contributed by atoms with Gasteiger partial charge in [0.1, 0.15) is 0 Å². The van der Waals surface area contributed by atoms with E-state index >= 15 is 0 Å². The molecule has 0 N–H and O–H groups in total. The minimum Gasteiger partial charge on any atom is -0.872 e. The summed E-state index contributed by atoms with van der Waals surface area (Å²) >= 11 is 0. The Balaban J connectivity index is 0.000000413. The van der Waals surface area contributed by atoms with Gasteiger partial charge in [0.15, 0.2) is 6.67 Å². The third kappa shape index (κ3) is 8.52. The number of rotatable bonds is 8. The number of hydrogen-bond donors (Lipinski definition) is 0. The first-order chi connectivity index (χ1) is 19.1. The Morgan fingerprint density at radius 3 is 1.32 bits per heavy atom. The summed E-state index contributed by atoms with van der Waals surface area (Å²) in [6.45, 7) is 24.1. The molecule has 0 spiro atoms. The molecule has 0 fully saturated rings. The molecule has 0 bridgehead atoms. The number of allylic oxidation sites excluding steroid dienone is 1. The quantitative estimate of drug-likeness (QED) is 0.192. The van der Waals surface area contributed by atoms with Crippen LogP contribution in [0.25, 0.3) is 5.76 Å². The molecule has 3 aromatic carbocycles. The molecule has 4 heteroatoms. The van der Waals surface area contributed by atoms with Gasteiger partial charge in [-0.2, -0.15) is 0 Å². The summed E-state index contributed by atoms with van der Waals surface area (Å²) in [6.07, 6.45) is 6.56. The zero-order chi connectivity index (χ0) is 29.4. The van der Waals surface area contributed by atoms with E-state index in [2.05, 4.69) is 128 Å². The zero-order valence-electron chi connectivity index (χ0n) is 26.0. The molecule has 0 atom stereocenters. The summed E-state index contributed by atoms with van der Waals surface area (Å²) in [4.78, 5) is 4.65. The molecule has 0 unspecified atom stereocenters. The van der Waals surface area contributed by atoms with E-state index in [-0.39, 0.29) is 22.3 Å². The molecule has 222 valence electrons. The van der Waals surface area contributed by atoms with Gasteiger partial charge in [-0.1, -0.05) is 128 Å². The van der Waals surface area contributed by atoms with Crippen molar-refractivity contribution in [3.63, 3.8) is 0 Å². The Morgan fingerprint density at radius 2 is 1.00 bits per heavy atom. The van der Waals surface area contributed by atoms with E-state index in [4.69, 9.17) is 0 Å². The summed E-state index contributed by atoms with van der Waals surface area (Å²) < 4.78 is 0. The summed E-state index contributed by atoms with van der Waals surface area (Å²) in [5, 5.41) is 11.1. The Kier molecular flexibility index (Phi) is 13.3. The molecule has 3 nitrogen and oxygen atoms in total. The Labute approximate surface area is 259 Å². The van der Waals surface area contributed by atoms with Crippen molar-refractivity contribution in [3.05, 3.63) is 127 Å². The third-order valence-electron chi connectivity index (χ3n) is 7.23. The summed E-state index contributed by atoms with van der Waals surface area (Å²) in [5.74, 6) is 1.98. The average molecular weight is 594 g/mol. The summed E-state index contributed by atoms with van der Waals surface area (Å²) in [6, 6.07) is 22.7. The molecule has 3 aromatic rings. The standard InChI is InChI=1S/C27H37N2.C10H11O.Ni/c1-18(2)22-11-9-12-23(19(3)4)26(22)28-15-16-29(17-28)27-24(20(5)6)13-10-14-25(27)21(7)8;1-2-6-10(11)9-7-4-3-5-8-9;/h9-21H,1-8H3;3-8,11H,1-2H2;/p-1/b;10-6-;. The zero-order valence-corrected chi connectivity index (χ0v) is 27.0. The maximum atomic E-state index is 11.1. The van der Waals surface area contributed by atoms with E-state index in [1.54, 1.807) is 18.2 Å². The van der Waals surface area contributed by atoms with E-state index in [1.807, 2.05) is 18.2 Å².